The molecule has 1 heterocycles. The fraction of sp³-hybridized carbons (Fsp3) is 0.333. The molecule has 0 fully saturated rings. The van der Waals surface area contributed by atoms with Crippen LogP contribution in [0.2, 0.25) is 0 Å². The summed E-state index contributed by atoms with van der Waals surface area (Å²) < 4.78 is 1.75. The second-order valence-corrected chi connectivity index (χ2v) is 4.73. The minimum atomic E-state index is -0.390. The summed E-state index contributed by atoms with van der Waals surface area (Å²) >= 11 is 0. The molecule has 1 amide bonds. The highest BCUT2D eigenvalue weighted by Gasteiger charge is 2.15. The van der Waals surface area contributed by atoms with Gasteiger partial charge in [-0.05, 0) is 18.5 Å². The fourth-order valence-electron chi connectivity index (χ4n) is 2.00. The molecule has 20 heavy (non-hydrogen) atoms. The standard InChI is InChI=1S/C15H20N4O/c1-2-8-17-14(15(16)20)11-19-10-13(9-18-19)12-6-4-3-5-7-12/h3-7,9-10,14,17H,2,8,11H2,1H3,(H2,16,20). The Morgan fingerprint density at radius 1 is 1.35 bits per heavy atom. The number of nitrogens with one attached hydrogen (secondary N) is 1. The molecule has 1 aromatic heterocycles. The number of carbonyl (C=O) groups excluding carboxylic acids is 1. The van der Waals surface area contributed by atoms with Crippen LogP contribution < -0.4 is 11.1 Å². The van der Waals surface area contributed by atoms with E-state index in [0.29, 0.717) is 6.54 Å². The maximum Gasteiger partial charge on any atom is 0.236 e. The van der Waals surface area contributed by atoms with E-state index in [1.54, 1.807) is 10.9 Å². The molecule has 5 heteroatoms. The van der Waals surface area contributed by atoms with Crippen LogP contribution in [0.1, 0.15) is 13.3 Å². The molecule has 0 aliphatic rings. The Hall–Kier alpha value is -2.14. The molecule has 1 aromatic carbocycles. The Balaban J connectivity index is 2.06. The molecule has 2 aromatic rings. The molecule has 0 radical (unpaired) electrons. The normalized spacial score (nSPS) is 12.2. The van der Waals surface area contributed by atoms with Gasteiger partial charge in [-0.15, -0.1) is 0 Å². The van der Waals surface area contributed by atoms with Crippen molar-refractivity contribution in [3.63, 3.8) is 0 Å². The summed E-state index contributed by atoms with van der Waals surface area (Å²) in [6.07, 6.45) is 4.68. The number of rotatable bonds is 7. The first-order valence-electron chi connectivity index (χ1n) is 6.81. The average Bonchev–Trinajstić information content (AvgIpc) is 2.92. The number of hydrogen-bond donors (Lipinski definition) is 2. The van der Waals surface area contributed by atoms with Crippen LogP contribution in [-0.4, -0.2) is 28.3 Å². The summed E-state index contributed by atoms with van der Waals surface area (Å²) in [7, 11) is 0. The molecule has 2 rings (SSSR count). The second-order valence-electron chi connectivity index (χ2n) is 4.73. The molecule has 5 nitrogen and oxygen atoms in total. The smallest absolute Gasteiger partial charge is 0.236 e. The first-order chi connectivity index (χ1) is 9.70. The van der Waals surface area contributed by atoms with Gasteiger partial charge in [0.1, 0.15) is 6.04 Å². The largest absolute Gasteiger partial charge is 0.368 e. The number of nitrogens with two attached hydrogens (primary N) is 1. The van der Waals surface area contributed by atoms with Crippen LogP contribution in [0.4, 0.5) is 0 Å². The SMILES string of the molecule is CCCNC(Cn1cc(-c2ccccc2)cn1)C(N)=O. The third kappa shape index (κ3) is 3.68. The highest BCUT2D eigenvalue weighted by Crippen LogP contribution is 2.17. The van der Waals surface area contributed by atoms with Crippen LogP contribution in [0.5, 0.6) is 0 Å². The van der Waals surface area contributed by atoms with E-state index < -0.39 is 6.04 Å². The van der Waals surface area contributed by atoms with E-state index in [0.717, 1.165) is 24.1 Å². The summed E-state index contributed by atoms with van der Waals surface area (Å²) in [5, 5.41) is 7.42. The highest BCUT2D eigenvalue weighted by molar-refractivity contribution is 5.79. The molecule has 0 saturated carbocycles. The first kappa shape index (κ1) is 14.3. The van der Waals surface area contributed by atoms with Crippen LogP contribution in [-0.2, 0) is 11.3 Å². The zero-order valence-corrected chi connectivity index (χ0v) is 11.6. The summed E-state index contributed by atoms with van der Waals surface area (Å²) in [5.41, 5.74) is 7.54. The summed E-state index contributed by atoms with van der Waals surface area (Å²) in [6.45, 7) is 3.26. The minimum Gasteiger partial charge on any atom is -0.368 e. The van der Waals surface area contributed by atoms with Crippen molar-refractivity contribution in [2.45, 2.75) is 25.9 Å². The average molecular weight is 272 g/mol. The molecular weight excluding hydrogens is 252 g/mol. The lowest BCUT2D eigenvalue weighted by Crippen LogP contribution is -2.44. The van der Waals surface area contributed by atoms with Crippen molar-refractivity contribution in [3.8, 4) is 11.1 Å². The van der Waals surface area contributed by atoms with Crippen molar-refractivity contribution in [2.24, 2.45) is 5.73 Å². The number of benzene rings is 1. The van der Waals surface area contributed by atoms with Gasteiger partial charge in [-0.25, -0.2) is 0 Å². The van der Waals surface area contributed by atoms with Gasteiger partial charge in [0, 0.05) is 11.8 Å². The Morgan fingerprint density at radius 3 is 2.75 bits per heavy atom. The van der Waals surface area contributed by atoms with E-state index in [-0.39, 0.29) is 5.91 Å². The topological polar surface area (TPSA) is 72.9 Å². The van der Waals surface area contributed by atoms with Crippen LogP contribution in [0.15, 0.2) is 42.7 Å². The number of carbonyl (C=O) groups is 1. The van der Waals surface area contributed by atoms with Gasteiger partial charge in [0.15, 0.2) is 0 Å². The summed E-state index contributed by atoms with van der Waals surface area (Å²) in [6, 6.07) is 9.62. The zero-order valence-electron chi connectivity index (χ0n) is 11.6. The van der Waals surface area contributed by atoms with Crippen molar-refractivity contribution >= 4 is 5.91 Å². The van der Waals surface area contributed by atoms with Gasteiger partial charge >= 0.3 is 0 Å². The predicted molar refractivity (Wildman–Crippen MR) is 78.9 cm³/mol. The highest BCUT2D eigenvalue weighted by atomic mass is 16.1. The first-order valence-corrected chi connectivity index (χ1v) is 6.81. The van der Waals surface area contributed by atoms with Crippen molar-refractivity contribution in [1.29, 1.82) is 0 Å². The Morgan fingerprint density at radius 2 is 2.10 bits per heavy atom. The number of hydrogen-bond acceptors (Lipinski definition) is 3. The Labute approximate surface area is 118 Å². The van der Waals surface area contributed by atoms with Crippen LogP contribution in [0.3, 0.4) is 0 Å². The van der Waals surface area contributed by atoms with Crippen LogP contribution in [0, 0.1) is 0 Å². The fourth-order valence-corrected chi connectivity index (χ4v) is 2.00. The number of aromatic nitrogens is 2. The molecule has 0 spiro atoms. The van der Waals surface area contributed by atoms with Gasteiger partial charge in [0.05, 0.1) is 12.7 Å². The number of nitrogens with zero attached hydrogens (tertiary/aromatic N) is 2. The monoisotopic (exact) mass is 272 g/mol. The van der Waals surface area contributed by atoms with Crippen molar-refractivity contribution in [3.05, 3.63) is 42.7 Å². The van der Waals surface area contributed by atoms with E-state index in [2.05, 4.69) is 10.4 Å². The quantitative estimate of drug-likeness (QED) is 0.800. The van der Waals surface area contributed by atoms with Crippen molar-refractivity contribution < 1.29 is 4.79 Å². The number of amides is 1. The lowest BCUT2D eigenvalue weighted by Gasteiger charge is -2.14. The molecule has 0 aliphatic carbocycles. The molecule has 1 atom stereocenters. The van der Waals surface area contributed by atoms with Gasteiger partial charge in [-0.2, -0.15) is 5.10 Å². The van der Waals surface area contributed by atoms with Gasteiger partial charge in [-0.3, -0.25) is 9.48 Å². The minimum absolute atomic E-state index is 0.352. The van der Waals surface area contributed by atoms with Crippen LogP contribution >= 0.6 is 0 Å². The van der Waals surface area contributed by atoms with E-state index in [1.165, 1.54) is 0 Å². The summed E-state index contributed by atoms with van der Waals surface area (Å²) in [5.74, 6) is -0.352. The molecule has 0 bridgehead atoms. The van der Waals surface area contributed by atoms with Gasteiger partial charge < -0.3 is 11.1 Å². The predicted octanol–water partition coefficient (Wildman–Crippen LogP) is 1.40. The molecule has 1 unspecified atom stereocenters. The van der Waals surface area contributed by atoms with Gasteiger partial charge in [0.25, 0.3) is 0 Å². The van der Waals surface area contributed by atoms with Crippen LogP contribution in [0.25, 0.3) is 11.1 Å². The molecule has 0 aliphatic heterocycles. The zero-order chi connectivity index (χ0) is 14.4. The molecule has 0 saturated heterocycles. The maximum atomic E-state index is 11.4. The van der Waals surface area contributed by atoms with Gasteiger partial charge in [0.2, 0.25) is 5.91 Å². The lowest BCUT2D eigenvalue weighted by atomic mass is 10.1. The molecular formula is C15H20N4O. The van der Waals surface area contributed by atoms with E-state index in [4.69, 9.17) is 5.73 Å². The Bertz CT molecular complexity index is 550. The van der Waals surface area contributed by atoms with Crippen molar-refractivity contribution in [1.82, 2.24) is 15.1 Å². The van der Waals surface area contributed by atoms with E-state index >= 15 is 0 Å². The van der Waals surface area contributed by atoms with Crippen molar-refractivity contribution in [2.75, 3.05) is 6.54 Å². The second kappa shape index (κ2) is 6.86. The summed E-state index contributed by atoms with van der Waals surface area (Å²) in [4.78, 5) is 11.4. The third-order valence-electron chi connectivity index (χ3n) is 3.09. The third-order valence-corrected chi connectivity index (χ3v) is 3.09. The van der Waals surface area contributed by atoms with E-state index in [9.17, 15) is 4.79 Å². The molecule has 3 N–H and O–H groups in total. The molecule has 106 valence electrons. The van der Waals surface area contributed by atoms with Gasteiger partial charge in [-0.1, -0.05) is 37.3 Å². The van der Waals surface area contributed by atoms with E-state index in [1.807, 2.05) is 43.5 Å². The Kier molecular flexibility index (Phi) is 4.90. The lowest BCUT2D eigenvalue weighted by molar-refractivity contribution is -0.120. The number of primary amides is 1. The maximum absolute atomic E-state index is 11.4.